The average Bonchev–Trinajstić information content (AvgIpc) is 3.24. The van der Waals surface area contributed by atoms with Crippen LogP contribution in [0.3, 0.4) is 0 Å². The van der Waals surface area contributed by atoms with E-state index in [0.717, 1.165) is 12.4 Å². The highest BCUT2D eigenvalue weighted by molar-refractivity contribution is 7.90. The van der Waals surface area contributed by atoms with Crippen LogP contribution in [-0.4, -0.2) is 30.5 Å². The monoisotopic (exact) mass is 411 g/mol. The molecule has 0 atom stereocenters. The molecule has 0 unspecified atom stereocenters. The third-order valence-corrected chi connectivity index (χ3v) is 5.69. The molecule has 11 heteroatoms. The van der Waals surface area contributed by atoms with Gasteiger partial charge in [-0.05, 0) is 25.1 Å². The number of ether oxygens (including phenoxy) is 1. The highest BCUT2D eigenvalue weighted by Gasteiger charge is 2.30. The molecule has 1 N–H and O–H groups in total. The van der Waals surface area contributed by atoms with E-state index in [2.05, 4.69) is 10.3 Å². The Kier molecular flexibility index (Phi) is 5.18. The van der Waals surface area contributed by atoms with Crippen LogP contribution in [0.15, 0.2) is 46.2 Å². The second-order valence-electron chi connectivity index (χ2n) is 5.63. The van der Waals surface area contributed by atoms with E-state index in [9.17, 15) is 17.6 Å². The average molecular weight is 411 g/mol. The molecule has 3 rings (SSSR count). The normalized spacial score (nSPS) is 11.4. The molecule has 0 spiro atoms. The lowest BCUT2D eigenvalue weighted by atomic mass is 10.2. The van der Waals surface area contributed by atoms with Crippen molar-refractivity contribution < 1.29 is 31.1 Å². The minimum Gasteiger partial charge on any atom is -0.468 e. The van der Waals surface area contributed by atoms with Crippen molar-refractivity contribution in [2.75, 3.05) is 7.05 Å². The lowest BCUT2D eigenvalue weighted by Crippen LogP contribution is -2.19. The molecule has 3 heterocycles. The first kappa shape index (κ1) is 19.5. The van der Waals surface area contributed by atoms with Crippen LogP contribution < -0.4 is 5.32 Å². The third-order valence-electron chi connectivity index (χ3n) is 3.91. The van der Waals surface area contributed by atoms with Gasteiger partial charge in [-0.2, -0.15) is 4.39 Å². The zero-order chi connectivity index (χ0) is 20.5. The number of amides is 1. The number of furan rings is 1. The Balaban J connectivity index is 2.22. The van der Waals surface area contributed by atoms with E-state index in [4.69, 9.17) is 9.15 Å². The van der Waals surface area contributed by atoms with E-state index < -0.39 is 40.2 Å². The number of nitrogens with one attached hydrogen (secondary N) is 1. The summed E-state index contributed by atoms with van der Waals surface area (Å²) in [7, 11) is -3.02. The van der Waals surface area contributed by atoms with E-state index in [1.165, 1.54) is 38.4 Å². The first-order valence-electron chi connectivity index (χ1n) is 7.92. The standard InChI is InChI=1S/C17H15F2N3O5S/c1-10-13(5-7-26-10)28(24,25)22-8-11(9-27-17(23)20-2)14(18)15(22)12-4-3-6-21-16(12)19/h3-8H,9H2,1-2H3,(H,20,23). The van der Waals surface area contributed by atoms with Crippen molar-refractivity contribution in [3.8, 4) is 11.3 Å². The zero-order valence-electron chi connectivity index (χ0n) is 14.8. The summed E-state index contributed by atoms with van der Waals surface area (Å²) in [5.41, 5.74) is -1.19. The predicted molar refractivity (Wildman–Crippen MR) is 92.9 cm³/mol. The van der Waals surface area contributed by atoms with E-state index in [1.54, 1.807) is 0 Å². The summed E-state index contributed by atoms with van der Waals surface area (Å²) in [6.45, 7) is 0.861. The van der Waals surface area contributed by atoms with Crippen molar-refractivity contribution in [3.05, 3.63) is 59.9 Å². The van der Waals surface area contributed by atoms with Gasteiger partial charge in [0.25, 0.3) is 10.0 Å². The van der Waals surface area contributed by atoms with Crippen LogP contribution >= 0.6 is 0 Å². The maximum Gasteiger partial charge on any atom is 0.407 e. The van der Waals surface area contributed by atoms with Gasteiger partial charge in [0.05, 0.1) is 11.8 Å². The van der Waals surface area contributed by atoms with Crippen molar-refractivity contribution >= 4 is 16.1 Å². The molecule has 0 bridgehead atoms. The Morgan fingerprint density at radius 2 is 2.11 bits per heavy atom. The topological polar surface area (TPSA) is 103 Å². The highest BCUT2D eigenvalue weighted by Crippen LogP contribution is 2.33. The number of hydrogen-bond donors (Lipinski definition) is 1. The second-order valence-corrected chi connectivity index (χ2v) is 7.41. The summed E-state index contributed by atoms with van der Waals surface area (Å²) in [4.78, 5) is 14.5. The fourth-order valence-electron chi connectivity index (χ4n) is 2.56. The molecule has 1 amide bonds. The fraction of sp³-hybridized carbons (Fsp3) is 0.176. The van der Waals surface area contributed by atoms with Gasteiger partial charge in [-0.1, -0.05) is 0 Å². The Hall–Kier alpha value is -3.21. The van der Waals surface area contributed by atoms with Crippen LogP contribution in [0.2, 0.25) is 0 Å². The smallest absolute Gasteiger partial charge is 0.407 e. The van der Waals surface area contributed by atoms with Crippen molar-refractivity contribution in [3.63, 3.8) is 0 Å². The van der Waals surface area contributed by atoms with Crippen LogP contribution in [0.1, 0.15) is 11.3 Å². The number of rotatable bonds is 5. The lowest BCUT2D eigenvalue weighted by molar-refractivity contribution is 0.141. The van der Waals surface area contributed by atoms with Gasteiger partial charge in [-0.25, -0.2) is 26.6 Å². The van der Waals surface area contributed by atoms with Gasteiger partial charge in [0.2, 0.25) is 5.95 Å². The molecule has 0 aliphatic rings. The third kappa shape index (κ3) is 3.36. The summed E-state index contributed by atoms with van der Waals surface area (Å²) in [5, 5.41) is 2.19. The van der Waals surface area contributed by atoms with Gasteiger partial charge >= 0.3 is 6.09 Å². The molecule has 0 saturated carbocycles. The van der Waals surface area contributed by atoms with Crippen molar-refractivity contribution in [2.45, 2.75) is 18.4 Å². The van der Waals surface area contributed by atoms with Crippen LogP contribution in [0, 0.1) is 18.7 Å². The Labute approximate surface area is 158 Å². The van der Waals surface area contributed by atoms with E-state index in [0.29, 0.717) is 3.97 Å². The molecule has 28 heavy (non-hydrogen) atoms. The Morgan fingerprint density at radius 1 is 1.36 bits per heavy atom. The summed E-state index contributed by atoms with van der Waals surface area (Å²) in [6, 6.07) is 3.73. The van der Waals surface area contributed by atoms with Gasteiger partial charge in [-0.15, -0.1) is 0 Å². The first-order chi connectivity index (χ1) is 13.3. The number of alkyl carbamates (subject to hydrolysis) is 1. The van der Waals surface area contributed by atoms with Crippen LogP contribution in [0.5, 0.6) is 0 Å². The Bertz CT molecular complexity index is 1140. The van der Waals surface area contributed by atoms with Gasteiger partial charge in [0.15, 0.2) is 5.82 Å². The number of nitrogens with zero attached hydrogens (tertiary/aromatic N) is 2. The summed E-state index contributed by atoms with van der Waals surface area (Å²) >= 11 is 0. The molecule has 0 saturated heterocycles. The number of halogens is 2. The van der Waals surface area contributed by atoms with Crippen LogP contribution in [-0.2, 0) is 21.4 Å². The summed E-state index contributed by atoms with van der Waals surface area (Å²) < 4.78 is 65.8. The lowest BCUT2D eigenvalue weighted by Gasteiger charge is -2.10. The molecule has 0 fully saturated rings. The maximum absolute atomic E-state index is 15.1. The molecule has 148 valence electrons. The number of carbonyl (C=O) groups excluding carboxylic acids is 1. The SMILES string of the molecule is CNC(=O)OCc1cn(S(=O)(=O)c2ccoc2C)c(-c2cccnc2F)c1F. The predicted octanol–water partition coefficient (Wildman–Crippen LogP) is 2.82. The minimum atomic E-state index is -4.34. The fourth-order valence-corrected chi connectivity index (χ4v) is 4.10. The molecule has 8 nitrogen and oxygen atoms in total. The number of pyridine rings is 1. The number of carbonyl (C=O) groups is 1. The van der Waals surface area contributed by atoms with Crippen LogP contribution in [0.25, 0.3) is 11.3 Å². The molecular weight excluding hydrogens is 396 g/mol. The summed E-state index contributed by atoms with van der Waals surface area (Å²) in [6.07, 6.45) is 2.41. The van der Waals surface area contributed by atoms with Gasteiger partial charge in [0, 0.05) is 25.0 Å². The second kappa shape index (κ2) is 7.43. The van der Waals surface area contributed by atoms with Gasteiger partial charge < -0.3 is 14.5 Å². The van der Waals surface area contributed by atoms with E-state index in [-0.39, 0.29) is 21.8 Å². The number of aryl methyl sites for hydroxylation is 1. The van der Waals surface area contributed by atoms with Gasteiger partial charge in [-0.3, -0.25) is 0 Å². The molecule has 0 aliphatic heterocycles. The number of aromatic nitrogens is 2. The minimum absolute atomic E-state index is 0.0786. The summed E-state index contributed by atoms with van der Waals surface area (Å²) in [5.74, 6) is -2.03. The quantitative estimate of drug-likeness (QED) is 0.648. The van der Waals surface area contributed by atoms with E-state index in [1.807, 2.05) is 0 Å². The first-order valence-corrected chi connectivity index (χ1v) is 9.36. The van der Waals surface area contributed by atoms with Crippen molar-refractivity contribution in [1.29, 1.82) is 0 Å². The Morgan fingerprint density at radius 3 is 2.71 bits per heavy atom. The highest BCUT2D eigenvalue weighted by atomic mass is 32.2. The van der Waals surface area contributed by atoms with Crippen molar-refractivity contribution in [1.82, 2.24) is 14.3 Å². The molecule has 0 aliphatic carbocycles. The molecule has 0 radical (unpaired) electrons. The molecule has 3 aromatic rings. The molecular formula is C17H15F2N3O5S. The van der Waals surface area contributed by atoms with Crippen molar-refractivity contribution in [2.24, 2.45) is 0 Å². The largest absolute Gasteiger partial charge is 0.468 e. The zero-order valence-corrected chi connectivity index (χ0v) is 15.6. The number of hydrogen-bond acceptors (Lipinski definition) is 6. The maximum atomic E-state index is 15.1. The van der Waals surface area contributed by atoms with Gasteiger partial charge in [0.1, 0.15) is 23.0 Å². The van der Waals surface area contributed by atoms with Crippen LogP contribution in [0.4, 0.5) is 13.6 Å². The molecule has 3 aromatic heterocycles. The molecule has 0 aromatic carbocycles. The van der Waals surface area contributed by atoms with E-state index >= 15 is 4.39 Å².